The molecule has 1 aliphatic rings. The van der Waals surface area contributed by atoms with E-state index in [1.807, 2.05) is 6.08 Å². The molecular formula is C26H24F5N5O5. The maximum absolute atomic E-state index is 14.3. The highest BCUT2D eigenvalue weighted by atomic mass is 19.4. The van der Waals surface area contributed by atoms with Gasteiger partial charge in [-0.05, 0) is 43.9 Å². The summed E-state index contributed by atoms with van der Waals surface area (Å²) in [6, 6.07) is 3.73. The Bertz CT molecular complexity index is 1540. The average molecular weight is 581 g/mol. The predicted molar refractivity (Wildman–Crippen MR) is 132 cm³/mol. The zero-order valence-corrected chi connectivity index (χ0v) is 21.8. The van der Waals surface area contributed by atoms with Crippen molar-refractivity contribution in [2.45, 2.75) is 39.1 Å². The fraction of sp³-hybridized carbons (Fsp3) is 0.346. The van der Waals surface area contributed by atoms with Crippen LogP contribution in [0.4, 0.5) is 22.0 Å². The van der Waals surface area contributed by atoms with Gasteiger partial charge in [0.05, 0.1) is 18.7 Å². The van der Waals surface area contributed by atoms with Gasteiger partial charge in [-0.15, -0.1) is 13.2 Å². The first kappa shape index (κ1) is 29.4. The van der Waals surface area contributed by atoms with Gasteiger partial charge in [-0.2, -0.15) is 5.10 Å². The molecular weight excluding hydrogens is 557 g/mol. The number of esters is 1. The SMILES string of the molecule is COC(=O)C1(C)CC=C(CNC(=O)c2cc(C(=O)NCc3ccc(F)c(OC(F)(F)F)c3)nc3c(F)cnn23)CC1. The Labute approximate surface area is 229 Å². The molecule has 2 aromatic heterocycles. The molecule has 3 aromatic rings. The molecule has 0 aliphatic heterocycles. The maximum Gasteiger partial charge on any atom is 0.573 e. The number of amides is 2. The lowest BCUT2D eigenvalue weighted by Gasteiger charge is -2.30. The van der Waals surface area contributed by atoms with Crippen molar-refractivity contribution in [3.8, 4) is 5.75 Å². The van der Waals surface area contributed by atoms with Gasteiger partial charge in [0.15, 0.2) is 23.0 Å². The summed E-state index contributed by atoms with van der Waals surface area (Å²) in [5, 5.41) is 8.87. The number of nitrogens with zero attached hydrogens (tertiary/aromatic N) is 3. The third kappa shape index (κ3) is 6.78. The molecule has 2 heterocycles. The molecule has 0 spiro atoms. The number of benzene rings is 1. The lowest BCUT2D eigenvalue weighted by atomic mass is 9.76. The number of methoxy groups -OCH3 is 1. The highest BCUT2D eigenvalue weighted by molar-refractivity contribution is 5.98. The summed E-state index contributed by atoms with van der Waals surface area (Å²) in [6.45, 7) is 1.56. The Morgan fingerprint density at radius 2 is 1.80 bits per heavy atom. The van der Waals surface area contributed by atoms with Crippen LogP contribution in [0.15, 0.2) is 42.1 Å². The zero-order valence-electron chi connectivity index (χ0n) is 21.8. The molecule has 41 heavy (non-hydrogen) atoms. The Balaban J connectivity index is 1.48. The van der Waals surface area contributed by atoms with Crippen LogP contribution in [0.2, 0.25) is 0 Å². The standard InChI is InChI=1S/C26H24F5N5O5/c1-25(24(39)40-2)7-5-14(6-8-25)11-33-23(38)19-10-18(35-21-17(28)13-34-36(19)21)22(37)32-12-15-3-4-16(27)20(9-15)41-26(29,30)31/h3-5,9-10,13H,6-8,11-12H2,1-2H3,(H,32,37)(H,33,38). The number of ether oxygens (including phenoxy) is 2. The van der Waals surface area contributed by atoms with Crippen molar-refractivity contribution in [3.05, 3.63) is 70.7 Å². The van der Waals surface area contributed by atoms with Crippen molar-refractivity contribution in [1.82, 2.24) is 25.2 Å². The van der Waals surface area contributed by atoms with Crippen LogP contribution in [-0.4, -0.2) is 52.4 Å². The summed E-state index contributed by atoms with van der Waals surface area (Å²) in [7, 11) is 1.32. The minimum Gasteiger partial charge on any atom is -0.469 e. The maximum atomic E-state index is 14.3. The minimum atomic E-state index is -5.12. The van der Waals surface area contributed by atoms with Crippen LogP contribution < -0.4 is 15.4 Å². The first-order valence-corrected chi connectivity index (χ1v) is 12.2. The summed E-state index contributed by atoms with van der Waals surface area (Å²) in [5.41, 5.74) is -0.712. The molecule has 1 aliphatic carbocycles. The van der Waals surface area contributed by atoms with Crippen LogP contribution in [0.1, 0.15) is 52.7 Å². The smallest absolute Gasteiger partial charge is 0.469 e. The molecule has 0 bridgehead atoms. The second-order valence-corrected chi connectivity index (χ2v) is 9.55. The number of hydrogen-bond donors (Lipinski definition) is 2. The van der Waals surface area contributed by atoms with Crippen LogP contribution in [0.25, 0.3) is 5.65 Å². The van der Waals surface area contributed by atoms with Crippen molar-refractivity contribution < 1.29 is 45.8 Å². The number of allylic oxidation sites excluding steroid dienone is 1. The first-order valence-electron chi connectivity index (χ1n) is 12.2. The molecule has 0 saturated carbocycles. The van der Waals surface area contributed by atoms with Crippen molar-refractivity contribution >= 4 is 23.4 Å². The topological polar surface area (TPSA) is 124 Å². The number of nitrogens with one attached hydrogen (secondary N) is 2. The van der Waals surface area contributed by atoms with Crippen LogP contribution in [0, 0.1) is 17.0 Å². The van der Waals surface area contributed by atoms with E-state index in [2.05, 4.69) is 25.5 Å². The van der Waals surface area contributed by atoms with Gasteiger partial charge in [0.2, 0.25) is 0 Å². The number of alkyl halides is 3. The van der Waals surface area contributed by atoms with E-state index in [0.29, 0.717) is 19.3 Å². The number of carbonyl (C=O) groups excluding carboxylic acids is 3. The van der Waals surface area contributed by atoms with Gasteiger partial charge in [-0.25, -0.2) is 18.3 Å². The quantitative estimate of drug-likeness (QED) is 0.235. The monoisotopic (exact) mass is 581 g/mol. The van der Waals surface area contributed by atoms with E-state index in [1.165, 1.54) is 7.11 Å². The lowest BCUT2D eigenvalue weighted by molar-refractivity contribution is -0.275. The van der Waals surface area contributed by atoms with E-state index in [9.17, 15) is 36.3 Å². The normalized spacial score (nSPS) is 17.1. The lowest BCUT2D eigenvalue weighted by Crippen LogP contribution is -2.33. The first-order chi connectivity index (χ1) is 19.3. The van der Waals surface area contributed by atoms with Crippen molar-refractivity contribution in [2.75, 3.05) is 13.7 Å². The molecule has 15 heteroatoms. The van der Waals surface area contributed by atoms with E-state index >= 15 is 0 Å². The van der Waals surface area contributed by atoms with E-state index in [0.717, 1.165) is 40.6 Å². The fourth-order valence-electron chi connectivity index (χ4n) is 4.23. The highest BCUT2D eigenvalue weighted by Crippen LogP contribution is 2.36. The van der Waals surface area contributed by atoms with Crippen LogP contribution in [-0.2, 0) is 16.1 Å². The van der Waals surface area contributed by atoms with Gasteiger partial charge in [0.1, 0.15) is 11.4 Å². The number of aromatic nitrogens is 3. The third-order valence-corrected chi connectivity index (χ3v) is 6.56. The van der Waals surface area contributed by atoms with Crippen LogP contribution >= 0.6 is 0 Å². The second-order valence-electron chi connectivity index (χ2n) is 9.55. The summed E-state index contributed by atoms with van der Waals surface area (Å²) >= 11 is 0. The van der Waals surface area contributed by atoms with Gasteiger partial charge >= 0.3 is 12.3 Å². The molecule has 218 valence electrons. The number of carbonyl (C=O) groups is 3. The molecule has 2 N–H and O–H groups in total. The van der Waals surface area contributed by atoms with Gasteiger partial charge in [-0.1, -0.05) is 17.7 Å². The highest BCUT2D eigenvalue weighted by Gasteiger charge is 2.35. The molecule has 0 radical (unpaired) electrons. The van der Waals surface area contributed by atoms with Gasteiger partial charge in [-0.3, -0.25) is 14.4 Å². The van der Waals surface area contributed by atoms with Crippen molar-refractivity contribution in [2.24, 2.45) is 5.41 Å². The van der Waals surface area contributed by atoms with Gasteiger partial charge < -0.3 is 20.1 Å². The summed E-state index contributed by atoms with van der Waals surface area (Å²) in [4.78, 5) is 41.7. The van der Waals surface area contributed by atoms with E-state index in [4.69, 9.17) is 4.74 Å². The molecule has 1 unspecified atom stereocenters. The Hall–Kier alpha value is -4.56. The fourth-order valence-corrected chi connectivity index (χ4v) is 4.23. The van der Waals surface area contributed by atoms with Crippen molar-refractivity contribution in [3.63, 3.8) is 0 Å². The predicted octanol–water partition coefficient (Wildman–Crippen LogP) is 3.86. The van der Waals surface area contributed by atoms with Crippen LogP contribution in [0.3, 0.4) is 0 Å². The molecule has 0 fully saturated rings. The third-order valence-electron chi connectivity index (χ3n) is 6.56. The average Bonchev–Trinajstić information content (AvgIpc) is 3.31. The summed E-state index contributed by atoms with van der Waals surface area (Å²) in [6.07, 6.45) is -0.981. The number of rotatable bonds is 8. The van der Waals surface area contributed by atoms with E-state index < -0.39 is 46.6 Å². The van der Waals surface area contributed by atoms with Crippen molar-refractivity contribution in [1.29, 1.82) is 0 Å². The van der Waals surface area contributed by atoms with Gasteiger partial charge in [0, 0.05) is 19.2 Å². The number of fused-ring (bicyclic) bond motifs is 1. The number of hydrogen-bond acceptors (Lipinski definition) is 7. The summed E-state index contributed by atoms with van der Waals surface area (Å²) in [5.74, 6) is -5.13. The Morgan fingerprint density at radius 1 is 1.07 bits per heavy atom. The molecule has 2 amide bonds. The number of halogens is 5. The largest absolute Gasteiger partial charge is 0.573 e. The molecule has 1 atom stereocenters. The second kappa shape index (κ2) is 11.5. The summed E-state index contributed by atoms with van der Waals surface area (Å²) < 4.78 is 74.9. The molecule has 1 aromatic carbocycles. The van der Waals surface area contributed by atoms with E-state index in [1.54, 1.807) is 6.92 Å². The van der Waals surface area contributed by atoms with Gasteiger partial charge in [0.25, 0.3) is 11.8 Å². The molecule has 10 nitrogen and oxygen atoms in total. The van der Waals surface area contributed by atoms with E-state index in [-0.39, 0.29) is 36.0 Å². The Morgan fingerprint density at radius 3 is 2.46 bits per heavy atom. The zero-order chi connectivity index (χ0) is 29.9. The van der Waals surface area contributed by atoms with Crippen LogP contribution in [0.5, 0.6) is 5.75 Å². The molecule has 0 saturated heterocycles. The Kier molecular flexibility index (Phi) is 8.26. The minimum absolute atomic E-state index is 0.0673. The molecule has 4 rings (SSSR count).